The number of carbonyl (C=O) groups is 1. The number of hydrogen-bond acceptors (Lipinski definition) is 5. The SMILES string of the molecule is CC(C)(C)[C@H]1CCc2c(sc(N=Cc3c(OCc4ccccc4F)ccc4ccccc34)c2C(=O)NCc2ccco2)C1. The summed E-state index contributed by atoms with van der Waals surface area (Å²) in [5, 5.41) is 5.73. The van der Waals surface area contributed by atoms with Crippen LogP contribution in [-0.2, 0) is 26.0 Å². The minimum atomic E-state index is -0.304. The normalized spacial score (nSPS) is 15.1. The third-order valence-electron chi connectivity index (χ3n) is 8.28. The second-order valence-corrected chi connectivity index (χ2v) is 13.2. The number of aliphatic imine (C=N–C) groups is 1. The first-order valence-corrected chi connectivity index (χ1v) is 15.5. The Balaban J connectivity index is 1.37. The minimum Gasteiger partial charge on any atom is -0.488 e. The molecule has 7 heteroatoms. The van der Waals surface area contributed by atoms with Crippen LogP contribution in [0.15, 0.2) is 88.5 Å². The Kier molecular flexibility index (Phi) is 8.17. The summed E-state index contributed by atoms with van der Waals surface area (Å²) in [6.45, 7) is 7.26. The van der Waals surface area contributed by atoms with Crippen molar-refractivity contribution in [2.45, 2.75) is 53.2 Å². The summed E-state index contributed by atoms with van der Waals surface area (Å²) in [4.78, 5) is 19.9. The summed E-state index contributed by atoms with van der Waals surface area (Å²) in [5.41, 5.74) is 3.19. The number of hydrogen-bond donors (Lipinski definition) is 1. The van der Waals surface area contributed by atoms with Crippen LogP contribution in [0.2, 0.25) is 0 Å². The molecule has 6 rings (SSSR count). The number of halogens is 1. The molecule has 2 aromatic heterocycles. The van der Waals surface area contributed by atoms with Gasteiger partial charge >= 0.3 is 0 Å². The smallest absolute Gasteiger partial charge is 0.255 e. The fourth-order valence-electron chi connectivity index (χ4n) is 5.73. The fourth-order valence-corrected chi connectivity index (χ4v) is 7.00. The van der Waals surface area contributed by atoms with Gasteiger partial charge in [-0.15, -0.1) is 11.3 Å². The van der Waals surface area contributed by atoms with E-state index >= 15 is 0 Å². The molecule has 0 bridgehead atoms. The molecule has 220 valence electrons. The lowest BCUT2D eigenvalue weighted by Crippen LogP contribution is -2.28. The number of ether oxygens (including phenoxy) is 1. The van der Waals surface area contributed by atoms with Gasteiger partial charge in [0.1, 0.15) is 28.9 Å². The molecule has 43 heavy (non-hydrogen) atoms. The molecule has 0 unspecified atom stereocenters. The first kappa shape index (κ1) is 28.9. The highest BCUT2D eigenvalue weighted by molar-refractivity contribution is 7.16. The molecule has 1 aliphatic carbocycles. The molecule has 1 atom stereocenters. The molecule has 0 saturated carbocycles. The van der Waals surface area contributed by atoms with E-state index in [1.54, 1.807) is 42.0 Å². The van der Waals surface area contributed by atoms with Gasteiger partial charge in [-0.05, 0) is 71.2 Å². The maximum atomic E-state index is 14.4. The van der Waals surface area contributed by atoms with Crippen molar-refractivity contribution in [2.24, 2.45) is 16.3 Å². The third kappa shape index (κ3) is 6.27. The number of nitrogens with zero attached hydrogens (tertiary/aromatic N) is 1. The van der Waals surface area contributed by atoms with E-state index in [0.717, 1.165) is 41.2 Å². The van der Waals surface area contributed by atoms with Crippen LogP contribution in [0.1, 0.15) is 64.9 Å². The summed E-state index contributed by atoms with van der Waals surface area (Å²) in [5.74, 6) is 1.38. The van der Waals surface area contributed by atoms with Crippen molar-refractivity contribution in [3.63, 3.8) is 0 Å². The second-order valence-electron chi connectivity index (χ2n) is 12.1. The van der Waals surface area contributed by atoms with E-state index in [-0.39, 0.29) is 23.7 Å². The molecule has 0 saturated heterocycles. The average Bonchev–Trinajstić information content (AvgIpc) is 3.65. The first-order chi connectivity index (χ1) is 20.8. The lowest BCUT2D eigenvalue weighted by atomic mass is 9.72. The molecular formula is C36H35FN2O3S. The highest BCUT2D eigenvalue weighted by Crippen LogP contribution is 2.45. The van der Waals surface area contributed by atoms with Gasteiger partial charge in [-0.1, -0.05) is 69.3 Å². The number of carbonyl (C=O) groups excluding carboxylic acids is 1. The third-order valence-corrected chi connectivity index (χ3v) is 9.45. The fraction of sp³-hybridized carbons (Fsp3) is 0.278. The van der Waals surface area contributed by atoms with E-state index in [0.29, 0.717) is 40.1 Å². The van der Waals surface area contributed by atoms with Crippen molar-refractivity contribution in [3.8, 4) is 5.75 Å². The van der Waals surface area contributed by atoms with Crippen molar-refractivity contribution in [1.29, 1.82) is 0 Å². The number of amides is 1. The molecule has 0 spiro atoms. The van der Waals surface area contributed by atoms with E-state index in [2.05, 4.69) is 26.1 Å². The van der Waals surface area contributed by atoms with E-state index in [9.17, 15) is 9.18 Å². The standard InChI is InChI=1S/C36H35FN2O3S/c1-36(2,3)25-15-16-28-32(19-25)43-35(33(28)34(40)38-20-26-11-8-18-41-26)39-21-29-27-12-6-4-9-23(27)14-17-31(29)42-22-24-10-5-7-13-30(24)37/h4-14,17-18,21,25H,15-16,19-20,22H2,1-3H3,(H,38,40)/t25-/m0/s1. The number of benzene rings is 3. The maximum absolute atomic E-state index is 14.4. The van der Waals surface area contributed by atoms with Crippen LogP contribution < -0.4 is 10.1 Å². The molecule has 0 aliphatic heterocycles. The van der Waals surface area contributed by atoms with Gasteiger partial charge in [-0.3, -0.25) is 4.79 Å². The topological polar surface area (TPSA) is 63.8 Å². The number of nitrogens with one attached hydrogen (secondary N) is 1. The van der Waals surface area contributed by atoms with Crippen LogP contribution in [0.4, 0.5) is 9.39 Å². The molecule has 5 nitrogen and oxygen atoms in total. The van der Waals surface area contributed by atoms with Gasteiger partial charge in [0.05, 0.1) is 18.4 Å². The molecule has 5 aromatic rings. The summed E-state index contributed by atoms with van der Waals surface area (Å²) in [7, 11) is 0. The highest BCUT2D eigenvalue weighted by Gasteiger charge is 2.33. The predicted molar refractivity (Wildman–Crippen MR) is 171 cm³/mol. The largest absolute Gasteiger partial charge is 0.488 e. The predicted octanol–water partition coefficient (Wildman–Crippen LogP) is 9.04. The Bertz CT molecular complexity index is 1780. The quantitative estimate of drug-likeness (QED) is 0.182. The summed E-state index contributed by atoms with van der Waals surface area (Å²) in [6, 6.07) is 22.2. The summed E-state index contributed by atoms with van der Waals surface area (Å²) >= 11 is 1.60. The van der Waals surface area contributed by atoms with Crippen molar-refractivity contribution < 1.29 is 18.3 Å². The van der Waals surface area contributed by atoms with Crippen molar-refractivity contribution in [2.75, 3.05) is 0 Å². The molecule has 3 aromatic carbocycles. The molecule has 1 N–H and O–H groups in total. The molecule has 1 aliphatic rings. The lowest BCUT2D eigenvalue weighted by molar-refractivity contribution is 0.0947. The Morgan fingerprint density at radius 1 is 1.09 bits per heavy atom. The number of fused-ring (bicyclic) bond motifs is 2. The molecule has 0 fully saturated rings. The van der Waals surface area contributed by atoms with Crippen LogP contribution in [0.3, 0.4) is 0 Å². The second kappa shape index (κ2) is 12.2. The summed E-state index contributed by atoms with van der Waals surface area (Å²) in [6.07, 6.45) is 6.21. The van der Waals surface area contributed by atoms with Gasteiger partial charge in [0.15, 0.2) is 0 Å². The zero-order valence-electron chi connectivity index (χ0n) is 24.7. The molecule has 0 radical (unpaired) electrons. The average molecular weight is 595 g/mol. The first-order valence-electron chi connectivity index (χ1n) is 14.6. The number of rotatable bonds is 8. The number of furan rings is 1. The van der Waals surface area contributed by atoms with Gasteiger partial charge < -0.3 is 14.5 Å². The number of thiophene rings is 1. The summed E-state index contributed by atoms with van der Waals surface area (Å²) < 4.78 is 26.0. The van der Waals surface area contributed by atoms with Gasteiger partial charge in [-0.2, -0.15) is 0 Å². The lowest BCUT2D eigenvalue weighted by Gasteiger charge is -2.33. The zero-order valence-corrected chi connectivity index (χ0v) is 25.5. The van der Waals surface area contributed by atoms with Gasteiger partial charge in [0, 0.05) is 22.2 Å². The van der Waals surface area contributed by atoms with Gasteiger partial charge in [0.25, 0.3) is 5.91 Å². The Hall–Kier alpha value is -4.23. The van der Waals surface area contributed by atoms with Crippen LogP contribution in [0, 0.1) is 17.2 Å². The Morgan fingerprint density at radius 3 is 2.70 bits per heavy atom. The van der Waals surface area contributed by atoms with E-state index in [1.165, 1.54) is 10.9 Å². The van der Waals surface area contributed by atoms with Gasteiger partial charge in [-0.25, -0.2) is 9.38 Å². The monoisotopic (exact) mass is 594 g/mol. The van der Waals surface area contributed by atoms with E-state index < -0.39 is 0 Å². The van der Waals surface area contributed by atoms with Crippen LogP contribution in [0.25, 0.3) is 10.8 Å². The van der Waals surface area contributed by atoms with Crippen LogP contribution in [0.5, 0.6) is 5.75 Å². The Morgan fingerprint density at radius 2 is 1.91 bits per heavy atom. The van der Waals surface area contributed by atoms with E-state index in [1.807, 2.05) is 48.5 Å². The van der Waals surface area contributed by atoms with Crippen molar-refractivity contribution in [3.05, 3.63) is 118 Å². The van der Waals surface area contributed by atoms with E-state index in [4.69, 9.17) is 14.1 Å². The minimum absolute atomic E-state index is 0.0911. The molecule has 2 heterocycles. The van der Waals surface area contributed by atoms with Crippen LogP contribution in [-0.4, -0.2) is 12.1 Å². The highest BCUT2D eigenvalue weighted by atomic mass is 32.1. The molecular weight excluding hydrogens is 559 g/mol. The van der Waals surface area contributed by atoms with Crippen molar-refractivity contribution in [1.82, 2.24) is 5.32 Å². The molecule has 1 amide bonds. The Labute approximate surface area is 255 Å². The van der Waals surface area contributed by atoms with Crippen LogP contribution >= 0.6 is 11.3 Å². The zero-order chi connectivity index (χ0) is 30.0. The van der Waals surface area contributed by atoms with Gasteiger partial charge in [0.2, 0.25) is 0 Å². The van der Waals surface area contributed by atoms with Crippen molar-refractivity contribution >= 4 is 39.2 Å². The maximum Gasteiger partial charge on any atom is 0.255 e.